The monoisotopic (exact) mass is 199 g/mol. The molecule has 13 heavy (non-hydrogen) atoms. The summed E-state index contributed by atoms with van der Waals surface area (Å²) in [7, 11) is 3.88. The Morgan fingerprint density at radius 3 is 2.23 bits per heavy atom. The molecular formula is C10H14ClNO. The number of likely N-dealkylation sites (N-methyl/N-ethyl adjacent to an activating group) is 1. The predicted molar refractivity (Wildman–Crippen MR) is 55.0 cm³/mol. The molecule has 0 saturated carbocycles. The van der Waals surface area contributed by atoms with Gasteiger partial charge < -0.3 is 10.0 Å². The summed E-state index contributed by atoms with van der Waals surface area (Å²) < 4.78 is 0. The van der Waals surface area contributed by atoms with E-state index in [0.29, 0.717) is 0 Å². The van der Waals surface area contributed by atoms with Crippen molar-refractivity contribution in [1.82, 2.24) is 4.90 Å². The molecule has 1 aromatic carbocycles. The van der Waals surface area contributed by atoms with Crippen molar-refractivity contribution in [1.29, 1.82) is 0 Å². The average molecular weight is 200 g/mol. The smallest absolute Gasteiger partial charge is 0.0628 e. The highest BCUT2D eigenvalue weighted by Crippen LogP contribution is 2.19. The zero-order valence-corrected chi connectivity index (χ0v) is 8.62. The first-order chi connectivity index (χ1) is 6.15. The summed E-state index contributed by atoms with van der Waals surface area (Å²) in [4.78, 5) is 1.98. The number of aliphatic hydroxyl groups is 1. The minimum atomic E-state index is 0.0530. The lowest BCUT2D eigenvalue weighted by atomic mass is 10.1. The summed E-state index contributed by atoms with van der Waals surface area (Å²) in [6.45, 7) is 0.120. The molecule has 1 atom stereocenters. The number of hydrogen-bond donors (Lipinski definition) is 1. The number of benzene rings is 1. The first kappa shape index (κ1) is 10.5. The summed E-state index contributed by atoms with van der Waals surface area (Å²) >= 11 is 5.76. The molecule has 1 rings (SSSR count). The van der Waals surface area contributed by atoms with E-state index in [-0.39, 0.29) is 12.6 Å². The van der Waals surface area contributed by atoms with Crippen molar-refractivity contribution in [2.45, 2.75) is 6.04 Å². The zero-order chi connectivity index (χ0) is 9.84. The molecule has 2 nitrogen and oxygen atoms in total. The van der Waals surface area contributed by atoms with E-state index in [1.165, 1.54) is 0 Å². The molecule has 0 fully saturated rings. The van der Waals surface area contributed by atoms with E-state index in [9.17, 15) is 0 Å². The van der Waals surface area contributed by atoms with Crippen LogP contribution in [-0.2, 0) is 0 Å². The van der Waals surface area contributed by atoms with Crippen LogP contribution in [0.1, 0.15) is 11.6 Å². The molecule has 0 aliphatic heterocycles. The summed E-state index contributed by atoms with van der Waals surface area (Å²) in [5.41, 5.74) is 1.08. The quantitative estimate of drug-likeness (QED) is 0.805. The maximum absolute atomic E-state index is 9.14. The van der Waals surface area contributed by atoms with Crippen molar-refractivity contribution in [2.75, 3.05) is 20.7 Å². The van der Waals surface area contributed by atoms with Gasteiger partial charge >= 0.3 is 0 Å². The van der Waals surface area contributed by atoms with Gasteiger partial charge in [-0.05, 0) is 31.8 Å². The number of aliphatic hydroxyl groups excluding tert-OH is 1. The van der Waals surface area contributed by atoms with Gasteiger partial charge in [0, 0.05) is 5.02 Å². The van der Waals surface area contributed by atoms with E-state index in [0.717, 1.165) is 10.6 Å². The molecule has 0 radical (unpaired) electrons. The van der Waals surface area contributed by atoms with Gasteiger partial charge in [-0.2, -0.15) is 0 Å². The van der Waals surface area contributed by atoms with E-state index in [1.54, 1.807) is 0 Å². The van der Waals surface area contributed by atoms with Crippen molar-refractivity contribution >= 4 is 11.6 Å². The van der Waals surface area contributed by atoms with Gasteiger partial charge in [0.05, 0.1) is 12.6 Å². The fourth-order valence-electron chi connectivity index (χ4n) is 1.25. The van der Waals surface area contributed by atoms with E-state index < -0.39 is 0 Å². The normalized spacial score (nSPS) is 13.3. The molecule has 0 aromatic heterocycles. The maximum atomic E-state index is 9.14. The van der Waals surface area contributed by atoms with Crippen LogP contribution in [0.15, 0.2) is 24.3 Å². The van der Waals surface area contributed by atoms with Crippen molar-refractivity contribution in [3.63, 3.8) is 0 Å². The van der Waals surface area contributed by atoms with Crippen LogP contribution in [0, 0.1) is 0 Å². The fraction of sp³-hybridized carbons (Fsp3) is 0.400. The lowest BCUT2D eigenvalue weighted by Gasteiger charge is -2.22. The highest BCUT2D eigenvalue weighted by Gasteiger charge is 2.11. The Morgan fingerprint density at radius 2 is 1.85 bits per heavy atom. The Kier molecular flexibility index (Phi) is 3.72. The third kappa shape index (κ3) is 2.69. The lowest BCUT2D eigenvalue weighted by molar-refractivity contribution is 0.171. The number of nitrogens with zero attached hydrogens (tertiary/aromatic N) is 1. The van der Waals surface area contributed by atoms with Crippen LogP contribution in [0.4, 0.5) is 0 Å². The molecule has 0 aliphatic rings. The molecule has 0 amide bonds. The van der Waals surface area contributed by atoms with Crippen LogP contribution >= 0.6 is 11.6 Å². The Balaban J connectivity index is 2.86. The van der Waals surface area contributed by atoms with Gasteiger partial charge in [-0.1, -0.05) is 23.7 Å². The molecule has 0 saturated heterocycles. The van der Waals surface area contributed by atoms with E-state index in [4.69, 9.17) is 16.7 Å². The highest BCUT2D eigenvalue weighted by atomic mass is 35.5. The third-order valence-corrected chi connectivity index (χ3v) is 2.30. The summed E-state index contributed by atoms with van der Waals surface area (Å²) in [5.74, 6) is 0. The van der Waals surface area contributed by atoms with Gasteiger partial charge in [0.2, 0.25) is 0 Å². The molecule has 3 heteroatoms. The second-order valence-corrected chi connectivity index (χ2v) is 3.65. The number of hydrogen-bond acceptors (Lipinski definition) is 2. The largest absolute Gasteiger partial charge is 0.394 e. The van der Waals surface area contributed by atoms with E-state index >= 15 is 0 Å². The standard InChI is InChI=1S/C10H14ClNO/c1-12(2)10(7-13)8-3-5-9(11)6-4-8/h3-6,10,13H,7H2,1-2H3/t10-/m1/s1. The van der Waals surface area contributed by atoms with Crippen LogP contribution in [0.3, 0.4) is 0 Å². The summed E-state index contributed by atoms with van der Waals surface area (Å²) in [6.07, 6.45) is 0. The first-order valence-electron chi connectivity index (χ1n) is 4.18. The van der Waals surface area contributed by atoms with Gasteiger partial charge in [-0.3, -0.25) is 0 Å². The number of rotatable bonds is 3. The molecule has 0 heterocycles. The van der Waals surface area contributed by atoms with Crippen LogP contribution in [0.25, 0.3) is 0 Å². The maximum Gasteiger partial charge on any atom is 0.0628 e. The Morgan fingerprint density at radius 1 is 1.31 bits per heavy atom. The summed E-state index contributed by atoms with van der Waals surface area (Å²) in [5, 5.41) is 9.87. The minimum absolute atomic E-state index is 0.0530. The minimum Gasteiger partial charge on any atom is -0.394 e. The molecule has 72 valence electrons. The molecule has 0 bridgehead atoms. The zero-order valence-electron chi connectivity index (χ0n) is 7.87. The SMILES string of the molecule is CN(C)[C@H](CO)c1ccc(Cl)cc1. The first-order valence-corrected chi connectivity index (χ1v) is 4.55. The van der Waals surface area contributed by atoms with Gasteiger partial charge in [-0.15, -0.1) is 0 Å². The third-order valence-electron chi connectivity index (χ3n) is 2.05. The van der Waals surface area contributed by atoms with Gasteiger partial charge in [0.1, 0.15) is 0 Å². The molecule has 1 aromatic rings. The fourth-order valence-corrected chi connectivity index (χ4v) is 1.38. The predicted octanol–water partition coefficient (Wildman–Crippen LogP) is 1.93. The lowest BCUT2D eigenvalue weighted by Crippen LogP contribution is -2.22. The van der Waals surface area contributed by atoms with Gasteiger partial charge in [0.15, 0.2) is 0 Å². The van der Waals surface area contributed by atoms with Crippen LogP contribution in [-0.4, -0.2) is 30.7 Å². The molecule has 0 unspecified atom stereocenters. The average Bonchev–Trinajstić information content (AvgIpc) is 2.09. The van der Waals surface area contributed by atoms with Gasteiger partial charge in [0.25, 0.3) is 0 Å². The molecular weight excluding hydrogens is 186 g/mol. The topological polar surface area (TPSA) is 23.5 Å². The van der Waals surface area contributed by atoms with Crippen molar-refractivity contribution in [3.05, 3.63) is 34.9 Å². The van der Waals surface area contributed by atoms with Crippen molar-refractivity contribution < 1.29 is 5.11 Å². The highest BCUT2D eigenvalue weighted by molar-refractivity contribution is 6.30. The molecule has 1 N–H and O–H groups in total. The Labute approximate surface area is 83.7 Å². The van der Waals surface area contributed by atoms with Crippen LogP contribution in [0.5, 0.6) is 0 Å². The second kappa shape index (κ2) is 4.61. The summed E-state index contributed by atoms with van der Waals surface area (Å²) in [6, 6.07) is 7.59. The van der Waals surface area contributed by atoms with Crippen molar-refractivity contribution in [2.24, 2.45) is 0 Å². The van der Waals surface area contributed by atoms with Crippen molar-refractivity contribution in [3.8, 4) is 0 Å². The molecule has 0 spiro atoms. The number of halogens is 1. The Bertz CT molecular complexity index is 258. The second-order valence-electron chi connectivity index (χ2n) is 3.21. The van der Waals surface area contributed by atoms with E-state index in [2.05, 4.69) is 0 Å². The molecule has 0 aliphatic carbocycles. The van der Waals surface area contributed by atoms with Crippen LogP contribution in [0.2, 0.25) is 5.02 Å². The Hall–Kier alpha value is -0.570. The van der Waals surface area contributed by atoms with Crippen LogP contribution < -0.4 is 0 Å². The van der Waals surface area contributed by atoms with Gasteiger partial charge in [-0.25, -0.2) is 0 Å². The van der Waals surface area contributed by atoms with E-state index in [1.807, 2.05) is 43.3 Å².